The minimum absolute atomic E-state index is 0.206. The Balaban J connectivity index is 1.24. The highest BCUT2D eigenvalue weighted by Crippen LogP contribution is 2.27. The molecule has 1 atom stereocenters. The first-order chi connectivity index (χ1) is 13.8. The van der Waals surface area contributed by atoms with Crippen LogP contribution in [0.2, 0.25) is 0 Å². The molecule has 6 nitrogen and oxygen atoms in total. The zero-order valence-electron chi connectivity index (χ0n) is 15.7. The Hall–Kier alpha value is -3.15. The number of hydrogen-bond donors (Lipinski definition) is 1. The summed E-state index contributed by atoms with van der Waals surface area (Å²) in [5, 5.41) is 0. The molecule has 1 amide bonds. The van der Waals surface area contributed by atoms with Crippen molar-refractivity contribution in [3.8, 4) is 0 Å². The molecule has 6 heteroatoms. The molecule has 0 aliphatic carbocycles. The van der Waals surface area contributed by atoms with Crippen LogP contribution in [-0.4, -0.2) is 43.2 Å². The van der Waals surface area contributed by atoms with Gasteiger partial charge in [-0.1, -0.05) is 18.2 Å². The van der Waals surface area contributed by atoms with E-state index in [-0.39, 0.29) is 11.8 Å². The number of hydrogen-bond acceptors (Lipinski definition) is 3. The Bertz CT molecular complexity index is 1060. The van der Waals surface area contributed by atoms with Gasteiger partial charge in [-0.05, 0) is 43.5 Å². The number of para-hydroxylation sites is 2. The van der Waals surface area contributed by atoms with Crippen LogP contribution in [0.3, 0.4) is 0 Å². The second-order valence-electron chi connectivity index (χ2n) is 7.52. The third kappa shape index (κ3) is 3.26. The maximum Gasteiger partial charge on any atom is 0.222 e. The predicted molar refractivity (Wildman–Crippen MR) is 108 cm³/mol. The summed E-state index contributed by atoms with van der Waals surface area (Å²) in [7, 11) is 0. The van der Waals surface area contributed by atoms with Crippen molar-refractivity contribution in [3.63, 3.8) is 0 Å². The lowest BCUT2D eigenvalue weighted by molar-refractivity contribution is -0.132. The molecular formula is C22H23N5O. The van der Waals surface area contributed by atoms with Crippen LogP contribution >= 0.6 is 0 Å². The van der Waals surface area contributed by atoms with E-state index in [4.69, 9.17) is 4.98 Å². The Kier molecular flexibility index (Phi) is 4.31. The zero-order valence-corrected chi connectivity index (χ0v) is 15.7. The molecule has 3 aromatic heterocycles. The molecule has 4 heterocycles. The molecule has 4 aromatic rings. The summed E-state index contributed by atoms with van der Waals surface area (Å²) in [6, 6.07) is 14.0. The van der Waals surface area contributed by atoms with Gasteiger partial charge in [-0.3, -0.25) is 4.79 Å². The monoisotopic (exact) mass is 373 g/mol. The van der Waals surface area contributed by atoms with E-state index in [0.29, 0.717) is 12.8 Å². The third-order valence-corrected chi connectivity index (χ3v) is 5.58. The number of nitrogens with zero attached hydrogens (tertiary/aromatic N) is 4. The fourth-order valence-corrected chi connectivity index (χ4v) is 4.09. The van der Waals surface area contributed by atoms with Crippen molar-refractivity contribution in [1.82, 2.24) is 24.3 Å². The molecule has 0 unspecified atom stereocenters. The van der Waals surface area contributed by atoms with Gasteiger partial charge in [-0.2, -0.15) is 0 Å². The molecule has 0 radical (unpaired) electrons. The summed E-state index contributed by atoms with van der Waals surface area (Å²) in [6.45, 7) is 1.57. The van der Waals surface area contributed by atoms with Crippen molar-refractivity contribution < 1.29 is 4.79 Å². The van der Waals surface area contributed by atoms with Crippen molar-refractivity contribution in [2.75, 3.05) is 13.1 Å². The van der Waals surface area contributed by atoms with Gasteiger partial charge in [0.05, 0.1) is 16.7 Å². The zero-order chi connectivity index (χ0) is 18.9. The summed E-state index contributed by atoms with van der Waals surface area (Å²) < 4.78 is 2.00. The molecule has 0 spiro atoms. The van der Waals surface area contributed by atoms with Crippen molar-refractivity contribution in [1.29, 1.82) is 0 Å². The fraction of sp³-hybridized carbons (Fsp3) is 0.318. The number of amides is 1. The number of aromatic nitrogens is 4. The van der Waals surface area contributed by atoms with E-state index < -0.39 is 0 Å². The van der Waals surface area contributed by atoms with Crippen LogP contribution in [0.1, 0.15) is 36.7 Å². The molecule has 5 rings (SSSR count). The van der Waals surface area contributed by atoms with Gasteiger partial charge in [-0.15, -0.1) is 0 Å². The highest BCUT2D eigenvalue weighted by Gasteiger charge is 2.26. The van der Waals surface area contributed by atoms with Gasteiger partial charge in [0.15, 0.2) is 0 Å². The largest absolute Gasteiger partial charge is 0.342 e. The lowest BCUT2D eigenvalue weighted by Gasteiger charge is -2.32. The van der Waals surface area contributed by atoms with Crippen LogP contribution in [-0.2, 0) is 11.2 Å². The Morgan fingerprint density at radius 1 is 1.14 bits per heavy atom. The average molecular weight is 373 g/mol. The maximum atomic E-state index is 12.8. The number of fused-ring (bicyclic) bond motifs is 2. The number of pyridine rings is 1. The van der Waals surface area contributed by atoms with E-state index in [1.54, 1.807) is 0 Å². The van der Waals surface area contributed by atoms with Gasteiger partial charge in [0, 0.05) is 37.8 Å². The van der Waals surface area contributed by atoms with Gasteiger partial charge in [0.1, 0.15) is 11.5 Å². The lowest BCUT2D eigenvalue weighted by atomic mass is 9.97. The van der Waals surface area contributed by atoms with Gasteiger partial charge < -0.3 is 14.3 Å². The van der Waals surface area contributed by atoms with E-state index in [1.165, 1.54) is 0 Å². The number of carbonyl (C=O) groups is 1. The van der Waals surface area contributed by atoms with E-state index in [0.717, 1.165) is 54.1 Å². The number of H-pyrrole nitrogens is 1. The number of rotatable bonds is 4. The topological polar surface area (TPSA) is 66.3 Å². The number of likely N-dealkylation sites (tertiary alicyclic amines) is 1. The first-order valence-corrected chi connectivity index (χ1v) is 9.91. The molecule has 1 saturated heterocycles. The summed E-state index contributed by atoms with van der Waals surface area (Å²) in [6.07, 6.45) is 7.24. The first kappa shape index (κ1) is 17.0. The Morgan fingerprint density at radius 2 is 2.04 bits per heavy atom. The first-order valence-electron chi connectivity index (χ1n) is 9.91. The summed E-state index contributed by atoms with van der Waals surface area (Å²) in [5.41, 5.74) is 3.94. The van der Waals surface area contributed by atoms with Crippen molar-refractivity contribution in [2.45, 2.75) is 31.6 Å². The summed E-state index contributed by atoms with van der Waals surface area (Å²) >= 11 is 0. The number of aryl methyl sites for hydroxylation is 1. The van der Waals surface area contributed by atoms with Crippen molar-refractivity contribution in [3.05, 3.63) is 66.4 Å². The minimum Gasteiger partial charge on any atom is -0.342 e. The Labute approximate surface area is 163 Å². The quantitative estimate of drug-likeness (QED) is 0.595. The van der Waals surface area contributed by atoms with E-state index in [1.807, 2.05) is 64.2 Å². The van der Waals surface area contributed by atoms with Crippen LogP contribution in [0.15, 0.2) is 54.9 Å². The standard InChI is InChI=1S/C22H23N5O/c28-21(11-10-17-15-26-12-4-3-9-20(26)23-17)27-13-5-6-16(14-27)22-24-18-7-1-2-8-19(18)25-22/h1-4,7-9,12,15-16H,5-6,10-11,13-14H2,(H,24,25)/t16-/m1/s1. The molecular weight excluding hydrogens is 350 g/mol. The molecule has 1 N–H and O–H groups in total. The van der Waals surface area contributed by atoms with E-state index in [2.05, 4.69) is 9.97 Å². The van der Waals surface area contributed by atoms with Gasteiger partial charge >= 0.3 is 0 Å². The number of benzene rings is 1. The molecule has 1 fully saturated rings. The Morgan fingerprint density at radius 3 is 2.93 bits per heavy atom. The SMILES string of the molecule is O=C(CCc1cn2ccccc2n1)N1CCC[C@@H](c2nc3ccccc3[nH]2)C1. The summed E-state index contributed by atoms with van der Waals surface area (Å²) in [4.78, 5) is 27.6. The van der Waals surface area contributed by atoms with Crippen molar-refractivity contribution >= 4 is 22.6 Å². The summed E-state index contributed by atoms with van der Waals surface area (Å²) in [5.74, 6) is 1.48. The maximum absolute atomic E-state index is 12.8. The van der Waals surface area contributed by atoms with E-state index >= 15 is 0 Å². The molecule has 1 aliphatic heterocycles. The minimum atomic E-state index is 0.206. The highest BCUT2D eigenvalue weighted by molar-refractivity contribution is 5.77. The molecule has 142 valence electrons. The molecule has 28 heavy (non-hydrogen) atoms. The fourth-order valence-electron chi connectivity index (χ4n) is 4.09. The average Bonchev–Trinajstić information content (AvgIpc) is 3.35. The second kappa shape index (κ2) is 7.11. The lowest BCUT2D eigenvalue weighted by Crippen LogP contribution is -2.39. The number of nitrogens with one attached hydrogen (secondary N) is 1. The van der Waals surface area contributed by atoms with Crippen LogP contribution in [0, 0.1) is 0 Å². The van der Waals surface area contributed by atoms with Crippen LogP contribution in [0.5, 0.6) is 0 Å². The second-order valence-corrected chi connectivity index (χ2v) is 7.52. The van der Waals surface area contributed by atoms with Crippen LogP contribution in [0.4, 0.5) is 0 Å². The smallest absolute Gasteiger partial charge is 0.222 e. The van der Waals surface area contributed by atoms with Crippen LogP contribution < -0.4 is 0 Å². The third-order valence-electron chi connectivity index (χ3n) is 5.58. The van der Waals surface area contributed by atoms with Crippen molar-refractivity contribution in [2.24, 2.45) is 0 Å². The number of imidazole rings is 2. The number of aromatic amines is 1. The number of piperidine rings is 1. The molecule has 0 saturated carbocycles. The highest BCUT2D eigenvalue weighted by atomic mass is 16.2. The molecule has 0 bridgehead atoms. The molecule has 1 aromatic carbocycles. The predicted octanol–water partition coefficient (Wildman–Crippen LogP) is 3.55. The normalized spacial score (nSPS) is 17.4. The van der Waals surface area contributed by atoms with Crippen LogP contribution in [0.25, 0.3) is 16.7 Å². The van der Waals surface area contributed by atoms with Gasteiger partial charge in [0.25, 0.3) is 0 Å². The van der Waals surface area contributed by atoms with E-state index in [9.17, 15) is 4.79 Å². The van der Waals surface area contributed by atoms with Gasteiger partial charge in [0.2, 0.25) is 5.91 Å². The molecule has 1 aliphatic rings. The number of carbonyl (C=O) groups excluding carboxylic acids is 1. The van der Waals surface area contributed by atoms with Gasteiger partial charge in [-0.25, -0.2) is 9.97 Å².